The van der Waals surface area contributed by atoms with E-state index >= 15 is 0 Å². The molecule has 0 aliphatic heterocycles. The summed E-state index contributed by atoms with van der Waals surface area (Å²) in [5.74, 6) is -1.37. The van der Waals surface area contributed by atoms with Gasteiger partial charge in [0, 0.05) is 26.0 Å². The van der Waals surface area contributed by atoms with E-state index in [0.717, 1.165) is 4.68 Å². The molecule has 18 heavy (non-hydrogen) atoms. The summed E-state index contributed by atoms with van der Waals surface area (Å²) in [5, 5.41) is 15.1. The number of aliphatic carboxylic acids is 1. The number of hydrogen-bond acceptors (Lipinski definition) is 4. The standard InChI is InChI=1S/C11H17N3O4/c1-2-18-7-3-5-12-11(17)9-4-6-13-14(9)8-10(15)16/h4,6H,2-3,5,7-8H2,1H3,(H,12,17)(H,15,16). The van der Waals surface area contributed by atoms with E-state index < -0.39 is 5.97 Å². The zero-order valence-electron chi connectivity index (χ0n) is 10.3. The van der Waals surface area contributed by atoms with Crippen molar-refractivity contribution in [3.63, 3.8) is 0 Å². The minimum atomic E-state index is -1.04. The van der Waals surface area contributed by atoms with E-state index in [1.165, 1.54) is 12.3 Å². The Labute approximate surface area is 105 Å². The highest BCUT2D eigenvalue weighted by atomic mass is 16.5. The van der Waals surface area contributed by atoms with Crippen LogP contribution in [0.2, 0.25) is 0 Å². The smallest absolute Gasteiger partial charge is 0.325 e. The van der Waals surface area contributed by atoms with Gasteiger partial charge in [-0.2, -0.15) is 5.10 Å². The molecule has 100 valence electrons. The fourth-order valence-corrected chi connectivity index (χ4v) is 1.39. The molecule has 0 fully saturated rings. The highest BCUT2D eigenvalue weighted by Gasteiger charge is 2.13. The molecule has 0 saturated heterocycles. The molecule has 7 heteroatoms. The number of rotatable bonds is 8. The number of carbonyl (C=O) groups is 2. The lowest BCUT2D eigenvalue weighted by molar-refractivity contribution is -0.137. The SMILES string of the molecule is CCOCCCNC(=O)c1ccnn1CC(=O)O. The number of nitrogens with zero attached hydrogens (tertiary/aromatic N) is 2. The van der Waals surface area contributed by atoms with Crippen LogP contribution in [-0.2, 0) is 16.1 Å². The van der Waals surface area contributed by atoms with Crippen molar-refractivity contribution in [1.29, 1.82) is 0 Å². The molecular formula is C11H17N3O4. The third-order valence-corrected chi connectivity index (χ3v) is 2.19. The van der Waals surface area contributed by atoms with Gasteiger partial charge in [-0.1, -0.05) is 0 Å². The molecule has 0 aliphatic rings. The van der Waals surface area contributed by atoms with E-state index in [2.05, 4.69) is 10.4 Å². The van der Waals surface area contributed by atoms with Crippen LogP contribution in [0.4, 0.5) is 0 Å². The third-order valence-electron chi connectivity index (χ3n) is 2.19. The zero-order chi connectivity index (χ0) is 13.4. The number of amides is 1. The topological polar surface area (TPSA) is 93.5 Å². The highest BCUT2D eigenvalue weighted by molar-refractivity contribution is 5.92. The lowest BCUT2D eigenvalue weighted by Gasteiger charge is -2.06. The van der Waals surface area contributed by atoms with Gasteiger partial charge in [0.05, 0.1) is 0 Å². The van der Waals surface area contributed by atoms with Gasteiger partial charge in [-0.25, -0.2) is 4.68 Å². The van der Waals surface area contributed by atoms with Crippen molar-refractivity contribution < 1.29 is 19.4 Å². The summed E-state index contributed by atoms with van der Waals surface area (Å²) in [6.07, 6.45) is 2.12. The normalized spacial score (nSPS) is 10.3. The molecule has 1 rings (SSSR count). The number of nitrogens with one attached hydrogen (secondary N) is 1. The Kier molecular flexibility index (Phi) is 5.86. The molecule has 0 bridgehead atoms. The van der Waals surface area contributed by atoms with Crippen LogP contribution in [-0.4, -0.2) is 46.5 Å². The van der Waals surface area contributed by atoms with Gasteiger partial charge in [-0.3, -0.25) is 9.59 Å². The van der Waals surface area contributed by atoms with Crippen LogP contribution >= 0.6 is 0 Å². The Morgan fingerprint density at radius 3 is 3.00 bits per heavy atom. The molecule has 0 aromatic carbocycles. The summed E-state index contributed by atoms with van der Waals surface area (Å²) in [4.78, 5) is 22.3. The van der Waals surface area contributed by atoms with Gasteiger partial charge in [0.2, 0.25) is 0 Å². The van der Waals surface area contributed by atoms with Crippen molar-refractivity contribution in [3.05, 3.63) is 18.0 Å². The van der Waals surface area contributed by atoms with Crippen LogP contribution in [0.5, 0.6) is 0 Å². The van der Waals surface area contributed by atoms with Crippen molar-refractivity contribution >= 4 is 11.9 Å². The van der Waals surface area contributed by atoms with Crippen LogP contribution < -0.4 is 5.32 Å². The lowest BCUT2D eigenvalue weighted by atomic mass is 10.3. The molecule has 1 heterocycles. The first-order chi connectivity index (χ1) is 8.65. The van der Waals surface area contributed by atoms with Crippen LogP contribution in [0.15, 0.2) is 12.3 Å². The summed E-state index contributed by atoms with van der Waals surface area (Å²) in [7, 11) is 0. The second-order valence-corrected chi connectivity index (χ2v) is 3.57. The minimum absolute atomic E-state index is 0.244. The zero-order valence-corrected chi connectivity index (χ0v) is 10.3. The maximum absolute atomic E-state index is 11.7. The van der Waals surface area contributed by atoms with E-state index in [9.17, 15) is 9.59 Å². The summed E-state index contributed by atoms with van der Waals surface area (Å²) in [6.45, 7) is 3.30. The number of carboxylic acids is 1. The molecule has 0 radical (unpaired) electrons. The minimum Gasteiger partial charge on any atom is -0.480 e. The fraction of sp³-hybridized carbons (Fsp3) is 0.545. The molecule has 0 spiro atoms. The molecular weight excluding hydrogens is 238 g/mol. The Morgan fingerprint density at radius 1 is 1.56 bits per heavy atom. The van der Waals surface area contributed by atoms with Gasteiger partial charge >= 0.3 is 5.97 Å². The Morgan fingerprint density at radius 2 is 2.33 bits per heavy atom. The van der Waals surface area contributed by atoms with Gasteiger partial charge < -0.3 is 15.2 Å². The molecule has 0 atom stereocenters. The summed E-state index contributed by atoms with van der Waals surface area (Å²) in [5.41, 5.74) is 0.244. The van der Waals surface area contributed by atoms with Crippen LogP contribution in [0, 0.1) is 0 Å². The molecule has 1 aromatic rings. The molecule has 1 aromatic heterocycles. The summed E-state index contributed by atoms with van der Waals surface area (Å²) >= 11 is 0. The lowest BCUT2D eigenvalue weighted by Crippen LogP contribution is -2.28. The van der Waals surface area contributed by atoms with Gasteiger partial charge in [-0.05, 0) is 19.4 Å². The highest BCUT2D eigenvalue weighted by Crippen LogP contribution is 1.98. The fourth-order valence-electron chi connectivity index (χ4n) is 1.39. The second-order valence-electron chi connectivity index (χ2n) is 3.57. The van der Waals surface area contributed by atoms with Gasteiger partial charge in [-0.15, -0.1) is 0 Å². The molecule has 0 aliphatic carbocycles. The van der Waals surface area contributed by atoms with Crippen molar-refractivity contribution in [3.8, 4) is 0 Å². The molecule has 0 unspecified atom stereocenters. The second kappa shape index (κ2) is 7.44. The monoisotopic (exact) mass is 255 g/mol. The maximum Gasteiger partial charge on any atom is 0.325 e. The summed E-state index contributed by atoms with van der Waals surface area (Å²) < 4.78 is 6.29. The number of carbonyl (C=O) groups excluding carboxylic acids is 1. The molecule has 0 saturated carbocycles. The molecule has 2 N–H and O–H groups in total. The van der Waals surface area contributed by atoms with Crippen LogP contribution in [0.3, 0.4) is 0 Å². The van der Waals surface area contributed by atoms with Gasteiger partial charge in [0.15, 0.2) is 0 Å². The predicted molar refractivity (Wildman–Crippen MR) is 63.3 cm³/mol. The van der Waals surface area contributed by atoms with Gasteiger partial charge in [0.1, 0.15) is 12.2 Å². The van der Waals surface area contributed by atoms with E-state index in [0.29, 0.717) is 26.2 Å². The largest absolute Gasteiger partial charge is 0.480 e. The van der Waals surface area contributed by atoms with Gasteiger partial charge in [0.25, 0.3) is 5.91 Å². The number of hydrogen-bond donors (Lipinski definition) is 2. The van der Waals surface area contributed by atoms with Crippen molar-refractivity contribution in [2.45, 2.75) is 19.9 Å². The Hall–Kier alpha value is -1.89. The quantitative estimate of drug-likeness (QED) is 0.644. The Balaban J connectivity index is 2.41. The number of carboxylic acid groups (broad SMARTS) is 1. The van der Waals surface area contributed by atoms with Crippen molar-refractivity contribution in [2.75, 3.05) is 19.8 Å². The van der Waals surface area contributed by atoms with E-state index in [1.54, 1.807) is 0 Å². The van der Waals surface area contributed by atoms with Crippen LogP contribution in [0.25, 0.3) is 0 Å². The van der Waals surface area contributed by atoms with Crippen molar-refractivity contribution in [1.82, 2.24) is 15.1 Å². The first kappa shape index (κ1) is 14.2. The maximum atomic E-state index is 11.7. The first-order valence-electron chi connectivity index (χ1n) is 5.74. The van der Waals surface area contributed by atoms with Crippen molar-refractivity contribution in [2.24, 2.45) is 0 Å². The molecule has 1 amide bonds. The number of aromatic nitrogens is 2. The summed E-state index contributed by atoms with van der Waals surface area (Å²) in [6, 6.07) is 1.49. The predicted octanol–water partition coefficient (Wildman–Crippen LogP) is 0.124. The van der Waals surface area contributed by atoms with E-state index in [4.69, 9.17) is 9.84 Å². The first-order valence-corrected chi connectivity index (χ1v) is 5.74. The molecule has 7 nitrogen and oxygen atoms in total. The Bertz CT molecular complexity index is 403. The number of ether oxygens (including phenoxy) is 1. The van der Waals surface area contributed by atoms with E-state index in [1.807, 2.05) is 6.92 Å². The third kappa shape index (κ3) is 4.54. The van der Waals surface area contributed by atoms with Crippen LogP contribution in [0.1, 0.15) is 23.8 Å². The average molecular weight is 255 g/mol. The van der Waals surface area contributed by atoms with E-state index in [-0.39, 0.29) is 18.1 Å². The average Bonchev–Trinajstić information content (AvgIpc) is 2.76.